The highest BCUT2D eigenvalue weighted by atomic mass is 16.7. The Balaban J connectivity index is 1.82. The number of ketones is 1. The van der Waals surface area contributed by atoms with Crippen molar-refractivity contribution in [3.63, 3.8) is 0 Å². The zero-order valence-electron chi connectivity index (χ0n) is 9.52. The average Bonchev–Trinajstić information content (AvgIpc) is 2.39. The quantitative estimate of drug-likeness (QED) is 0.739. The smallest absolute Gasteiger partial charge is 0.184 e. The molecule has 0 N–H and O–H groups in total. The van der Waals surface area contributed by atoms with Crippen LogP contribution in [0.3, 0.4) is 0 Å². The minimum Gasteiger partial charge on any atom is -0.341 e. The first-order chi connectivity index (χ1) is 8.33. The molecule has 0 unspecified atom stereocenters. The number of hydrogen-bond donors (Lipinski definition) is 0. The van der Waals surface area contributed by atoms with Gasteiger partial charge in [0.1, 0.15) is 13.2 Å². The molecule has 3 nitrogen and oxygen atoms in total. The van der Waals surface area contributed by atoms with Crippen LogP contribution in [0, 0.1) is 0 Å². The van der Waals surface area contributed by atoms with E-state index >= 15 is 0 Å². The molecular weight excluding hydrogens is 216 g/mol. The summed E-state index contributed by atoms with van der Waals surface area (Å²) in [6, 6.07) is 8.34. The van der Waals surface area contributed by atoms with Gasteiger partial charge in [0.25, 0.3) is 0 Å². The van der Waals surface area contributed by atoms with Gasteiger partial charge in [-0.25, -0.2) is 0 Å². The van der Waals surface area contributed by atoms with E-state index in [0.717, 1.165) is 18.4 Å². The number of fused-ring (bicyclic) bond motifs is 1. The molecule has 1 aliphatic heterocycles. The number of carbonyl (C=O) groups excluding carboxylic acids is 1. The minimum atomic E-state index is -0.332. The average molecular weight is 230 g/mol. The molecule has 3 heteroatoms. The fourth-order valence-corrected chi connectivity index (χ4v) is 2.28. The predicted molar refractivity (Wildman–Crippen MR) is 63.4 cm³/mol. The van der Waals surface area contributed by atoms with Crippen molar-refractivity contribution >= 4 is 11.9 Å². The fraction of sp³-hybridized carbons (Fsp3) is 0.357. The van der Waals surface area contributed by atoms with E-state index in [1.54, 1.807) is 0 Å². The van der Waals surface area contributed by atoms with E-state index in [2.05, 4.69) is 24.3 Å². The van der Waals surface area contributed by atoms with Crippen molar-refractivity contribution in [2.75, 3.05) is 13.2 Å². The molecule has 0 radical (unpaired) electrons. The summed E-state index contributed by atoms with van der Waals surface area (Å²) in [4.78, 5) is 11.0. The van der Waals surface area contributed by atoms with E-state index in [1.165, 1.54) is 11.1 Å². The van der Waals surface area contributed by atoms with E-state index in [1.807, 2.05) is 6.07 Å². The number of carbonyl (C=O) groups is 1. The van der Waals surface area contributed by atoms with E-state index < -0.39 is 0 Å². The summed E-state index contributed by atoms with van der Waals surface area (Å²) in [5, 5.41) is 0. The first-order valence-electron chi connectivity index (χ1n) is 5.86. The normalized spacial score (nSPS) is 20.9. The van der Waals surface area contributed by atoms with Crippen LogP contribution in [-0.4, -0.2) is 25.3 Å². The fourth-order valence-electron chi connectivity index (χ4n) is 2.28. The zero-order valence-corrected chi connectivity index (χ0v) is 9.52. The molecule has 1 fully saturated rings. The Morgan fingerprint density at radius 1 is 1.06 bits per heavy atom. The van der Waals surface area contributed by atoms with Crippen LogP contribution in [0.15, 0.2) is 29.8 Å². The number of Topliss-reactive ketones (excluding diaryl/α,β-unsaturated/α-hetero) is 1. The van der Waals surface area contributed by atoms with Gasteiger partial charge in [-0.2, -0.15) is 0 Å². The lowest BCUT2D eigenvalue weighted by atomic mass is 9.92. The van der Waals surface area contributed by atoms with E-state index in [0.29, 0.717) is 0 Å². The maximum absolute atomic E-state index is 11.0. The lowest BCUT2D eigenvalue weighted by Gasteiger charge is -2.27. The van der Waals surface area contributed by atoms with Gasteiger partial charge in [-0.3, -0.25) is 4.79 Å². The molecular formula is C14H14O3. The van der Waals surface area contributed by atoms with Crippen LogP contribution >= 0.6 is 0 Å². The van der Waals surface area contributed by atoms with Crippen molar-refractivity contribution in [3.05, 3.63) is 41.0 Å². The predicted octanol–water partition coefficient (Wildman–Crippen LogP) is 1.96. The SMILES string of the molecule is O=C1COC(C2=Cc3ccccc3CC2)OC1. The Labute approximate surface area is 100 Å². The van der Waals surface area contributed by atoms with Gasteiger partial charge in [-0.15, -0.1) is 0 Å². The number of aryl methyl sites for hydroxylation is 1. The van der Waals surface area contributed by atoms with Gasteiger partial charge in [0.05, 0.1) is 0 Å². The van der Waals surface area contributed by atoms with Crippen LogP contribution in [0.5, 0.6) is 0 Å². The molecule has 0 aromatic heterocycles. The van der Waals surface area contributed by atoms with Gasteiger partial charge in [-0.05, 0) is 29.5 Å². The molecule has 0 atom stereocenters. The number of hydrogen-bond acceptors (Lipinski definition) is 3. The van der Waals surface area contributed by atoms with Gasteiger partial charge >= 0.3 is 0 Å². The standard InChI is InChI=1S/C14H14O3/c15-13-8-16-14(17-9-13)12-6-5-10-3-1-2-4-11(10)7-12/h1-4,7,14H,5-6,8-9H2. The van der Waals surface area contributed by atoms with Gasteiger partial charge in [0.15, 0.2) is 12.1 Å². The molecule has 88 valence electrons. The van der Waals surface area contributed by atoms with Crippen LogP contribution in [0.1, 0.15) is 17.5 Å². The van der Waals surface area contributed by atoms with Gasteiger partial charge in [0, 0.05) is 0 Å². The van der Waals surface area contributed by atoms with Crippen LogP contribution in [0.4, 0.5) is 0 Å². The monoisotopic (exact) mass is 230 g/mol. The highest BCUT2D eigenvalue weighted by molar-refractivity contribution is 5.81. The third-order valence-electron chi connectivity index (χ3n) is 3.17. The maximum atomic E-state index is 11.0. The number of ether oxygens (including phenoxy) is 2. The van der Waals surface area contributed by atoms with Gasteiger partial charge < -0.3 is 9.47 Å². The third-order valence-corrected chi connectivity index (χ3v) is 3.17. The van der Waals surface area contributed by atoms with E-state index in [9.17, 15) is 4.79 Å². The van der Waals surface area contributed by atoms with Crippen molar-refractivity contribution in [3.8, 4) is 0 Å². The van der Waals surface area contributed by atoms with E-state index in [-0.39, 0.29) is 25.3 Å². The molecule has 0 bridgehead atoms. The van der Waals surface area contributed by atoms with Crippen LogP contribution in [0.25, 0.3) is 6.08 Å². The maximum Gasteiger partial charge on any atom is 0.184 e. The molecule has 17 heavy (non-hydrogen) atoms. The molecule has 1 aromatic carbocycles. The topological polar surface area (TPSA) is 35.5 Å². The van der Waals surface area contributed by atoms with Crippen molar-refractivity contribution in [1.82, 2.24) is 0 Å². The van der Waals surface area contributed by atoms with E-state index in [4.69, 9.17) is 9.47 Å². The minimum absolute atomic E-state index is 0.0121. The zero-order chi connectivity index (χ0) is 11.7. The Bertz CT molecular complexity index is 466. The van der Waals surface area contributed by atoms with Crippen LogP contribution < -0.4 is 0 Å². The lowest BCUT2D eigenvalue weighted by Crippen LogP contribution is -2.33. The second kappa shape index (κ2) is 4.43. The van der Waals surface area contributed by atoms with Crippen LogP contribution in [-0.2, 0) is 20.7 Å². The second-order valence-corrected chi connectivity index (χ2v) is 4.41. The Kier molecular flexibility index (Phi) is 2.79. The molecule has 0 saturated carbocycles. The summed E-state index contributed by atoms with van der Waals surface area (Å²) in [5.74, 6) is 0.0121. The Morgan fingerprint density at radius 2 is 1.82 bits per heavy atom. The largest absolute Gasteiger partial charge is 0.341 e. The van der Waals surface area contributed by atoms with Gasteiger partial charge in [-0.1, -0.05) is 30.3 Å². The molecule has 0 amide bonds. The molecule has 1 heterocycles. The molecule has 1 aliphatic carbocycles. The van der Waals surface area contributed by atoms with Crippen molar-refractivity contribution < 1.29 is 14.3 Å². The second-order valence-electron chi connectivity index (χ2n) is 4.41. The summed E-state index contributed by atoms with van der Waals surface area (Å²) in [7, 11) is 0. The molecule has 1 aromatic rings. The van der Waals surface area contributed by atoms with Crippen molar-refractivity contribution in [2.45, 2.75) is 19.1 Å². The highest BCUT2D eigenvalue weighted by Gasteiger charge is 2.24. The Morgan fingerprint density at radius 3 is 2.65 bits per heavy atom. The first kappa shape index (κ1) is 10.7. The summed E-state index contributed by atoms with van der Waals surface area (Å²) < 4.78 is 10.8. The first-order valence-corrected chi connectivity index (χ1v) is 5.86. The van der Waals surface area contributed by atoms with Crippen LogP contribution in [0.2, 0.25) is 0 Å². The molecule has 1 saturated heterocycles. The van der Waals surface area contributed by atoms with Crippen molar-refractivity contribution in [1.29, 1.82) is 0 Å². The molecule has 3 rings (SSSR count). The summed E-state index contributed by atoms with van der Waals surface area (Å²) in [6.07, 6.45) is 3.75. The summed E-state index contributed by atoms with van der Waals surface area (Å²) >= 11 is 0. The van der Waals surface area contributed by atoms with Gasteiger partial charge in [0.2, 0.25) is 0 Å². The highest BCUT2D eigenvalue weighted by Crippen LogP contribution is 2.27. The summed E-state index contributed by atoms with van der Waals surface area (Å²) in [5.41, 5.74) is 3.73. The Hall–Kier alpha value is -1.45. The summed E-state index contributed by atoms with van der Waals surface area (Å²) in [6.45, 7) is 0.341. The third kappa shape index (κ3) is 2.16. The number of benzene rings is 1. The lowest BCUT2D eigenvalue weighted by molar-refractivity contribution is -0.174. The molecule has 2 aliphatic rings. The molecule has 0 spiro atoms. The van der Waals surface area contributed by atoms with Crippen molar-refractivity contribution in [2.24, 2.45) is 0 Å². The number of rotatable bonds is 1.